The smallest absolute Gasteiger partial charge is 0.261 e. The molecular formula is C20H21N3O3S. The van der Waals surface area contributed by atoms with E-state index in [4.69, 9.17) is 4.74 Å². The van der Waals surface area contributed by atoms with Crippen LogP contribution in [0.15, 0.2) is 65.7 Å². The Hall–Kier alpha value is -3.06. The van der Waals surface area contributed by atoms with Crippen molar-refractivity contribution in [1.29, 1.82) is 0 Å². The van der Waals surface area contributed by atoms with E-state index in [0.717, 1.165) is 16.8 Å². The summed E-state index contributed by atoms with van der Waals surface area (Å²) in [6, 6.07) is 16.0. The maximum atomic E-state index is 12.6. The van der Waals surface area contributed by atoms with Crippen molar-refractivity contribution in [2.24, 2.45) is 0 Å². The number of anilines is 3. The molecular weight excluding hydrogens is 362 g/mol. The van der Waals surface area contributed by atoms with Gasteiger partial charge < -0.3 is 10.1 Å². The van der Waals surface area contributed by atoms with Crippen LogP contribution in [0.25, 0.3) is 0 Å². The first kappa shape index (κ1) is 18.7. The number of methoxy groups -OCH3 is 1. The van der Waals surface area contributed by atoms with Gasteiger partial charge in [-0.3, -0.25) is 4.72 Å². The molecule has 0 fully saturated rings. The van der Waals surface area contributed by atoms with Crippen molar-refractivity contribution >= 4 is 27.2 Å². The van der Waals surface area contributed by atoms with Crippen molar-refractivity contribution in [3.8, 4) is 5.75 Å². The normalized spacial score (nSPS) is 11.1. The highest BCUT2D eigenvalue weighted by Gasteiger charge is 2.16. The molecule has 0 aliphatic carbocycles. The monoisotopic (exact) mass is 383 g/mol. The first-order chi connectivity index (χ1) is 12.9. The molecule has 0 radical (unpaired) electrons. The van der Waals surface area contributed by atoms with Crippen LogP contribution in [0.1, 0.15) is 11.1 Å². The zero-order chi connectivity index (χ0) is 19.4. The number of nitrogens with zero attached hydrogens (tertiary/aromatic N) is 1. The number of ether oxygens (including phenoxy) is 1. The van der Waals surface area contributed by atoms with Crippen LogP contribution in [0.5, 0.6) is 5.75 Å². The minimum absolute atomic E-state index is 0.169. The summed E-state index contributed by atoms with van der Waals surface area (Å²) in [5.41, 5.74) is 3.18. The number of hydrogen-bond acceptors (Lipinski definition) is 5. The Morgan fingerprint density at radius 3 is 2.37 bits per heavy atom. The van der Waals surface area contributed by atoms with E-state index in [1.54, 1.807) is 38.3 Å². The lowest BCUT2D eigenvalue weighted by Crippen LogP contribution is -2.13. The first-order valence-electron chi connectivity index (χ1n) is 8.35. The standard InChI is InChI=1S/C20H21N3O3S/c1-14-6-4-5-7-18(14)22-20-11-8-16(13-21-20)23-27(24,25)17-9-10-19(26-3)15(2)12-17/h4-13,23H,1-3H3,(H,21,22). The molecule has 0 aliphatic rings. The second-order valence-electron chi connectivity index (χ2n) is 6.11. The van der Waals surface area contributed by atoms with E-state index >= 15 is 0 Å². The molecule has 1 aromatic heterocycles. The van der Waals surface area contributed by atoms with E-state index in [1.165, 1.54) is 12.3 Å². The summed E-state index contributed by atoms with van der Waals surface area (Å²) in [6.07, 6.45) is 1.48. The molecule has 0 unspecified atom stereocenters. The zero-order valence-corrected chi connectivity index (χ0v) is 16.2. The van der Waals surface area contributed by atoms with Crippen molar-refractivity contribution < 1.29 is 13.2 Å². The van der Waals surface area contributed by atoms with Crippen LogP contribution >= 0.6 is 0 Å². The summed E-state index contributed by atoms with van der Waals surface area (Å²) in [7, 11) is -2.16. The molecule has 3 aromatic rings. The SMILES string of the molecule is COc1ccc(S(=O)(=O)Nc2ccc(Nc3ccccc3C)nc2)cc1C. The van der Waals surface area contributed by atoms with Gasteiger partial charge in [-0.25, -0.2) is 13.4 Å². The Morgan fingerprint density at radius 1 is 0.963 bits per heavy atom. The van der Waals surface area contributed by atoms with Crippen LogP contribution in [0, 0.1) is 13.8 Å². The van der Waals surface area contributed by atoms with Crippen LogP contribution < -0.4 is 14.8 Å². The van der Waals surface area contributed by atoms with Crippen molar-refractivity contribution in [3.05, 3.63) is 71.9 Å². The number of rotatable bonds is 6. The van der Waals surface area contributed by atoms with E-state index in [2.05, 4.69) is 15.0 Å². The number of aryl methyl sites for hydroxylation is 2. The van der Waals surface area contributed by atoms with E-state index < -0.39 is 10.0 Å². The van der Waals surface area contributed by atoms with Gasteiger partial charge in [-0.15, -0.1) is 0 Å². The first-order valence-corrected chi connectivity index (χ1v) is 9.83. The molecule has 7 heteroatoms. The van der Waals surface area contributed by atoms with Gasteiger partial charge in [0, 0.05) is 5.69 Å². The second-order valence-corrected chi connectivity index (χ2v) is 7.79. The van der Waals surface area contributed by atoms with Crippen LogP contribution in [0.3, 0.4) is 0 Å². The summed E-state index contributed by atoms with van der Waals surface area (Å²) in [4.78, 5) is 4.45. The number of aromatic nitrogens is 1. The zero-order valence-electron chi connectivity index (χ0n) is 15.4. The molecule has 1 heterocycles. The Morgan fingerprint density at radius 2 is 1.74 bits per heavy atom. The molecule has 0 saturated carbocycles. The Labute approximate surface area is 159 Å². The molecule has 27 heavy (non-hydrogen) atoms. The van der Waals surface area contributed by atoms with Crippen molar-refractivity contribution in [2.45, 2.75) is 18.7 Å². The average molecular weight is 383 g/mol. The molecule has 0 saturated heterocycles. The Kier molecular flexibility index (Phi) is 5.32. The number of pyridine rings is 1. The summed E-state index contributed by atoms with van der Waals surface area (Å²) in [5, 5.41) is 3.21. The van der Waals surface area contributed by atoms with Gasteiger partial charge in [0.2, 0.25) is 0 Å². The van der Waals surface area contributed by atoms with E-state index in [-0.39, 0.29) is 4.90 Å². The van der Waals surface area contributed by atoms with Gasteiger partial charge in [-0.1, -0.05) is 18.2 Å². The third-order valence-electron chi connectivity index (χ3n) is 4.10. The molecule has 0 atom stereocenters. The highest BCUT2D eigenvalue weighted by atomic mass is 32.2. The highest BCUT2D eigenvalue weighted by molar-refractivity contribution is 7.92. The number of benzene rings is 2. The largest absolute Gasteiger partial charge is 0.496 e. The van der Waals surface area contributed by atoms with Gasteiger partial charge in [0.25, 0.3) is 10.0 Å². The summed E-state index contributed by atoms with van der Waals surface area (Å²) < 4.78 is 32.9. The van der Waals surface area contributed by atoms with Crippen molar-refractivity contribution in [1.82, 2.24) is 4.98 Å². The fourth-order valence-corrected chi connectivity index (χ4v) is 3.74. The molecule has 2 aromatic carbocycles. The van der Waals surface area contributed by atoms with E-state index in [0.29, 0.717) is 17.3 Å². The lowest BCUT2D eigenvalue weighted by atomic mass is 10.2. The topological polar surface area (TPSA) is 80.3 Å². The average Bonchev–Trinajstić information content (AvgIpc) is 2.65. The molecule has 0 amide bonds. The fourth-order valence-electron chi connectivity index (χ4n) is 2.61. The maximum absolute atomic E-state index is 12.6. The molecule has 140 valence electrons. The minimum atomic E-state index is -3.71. The van der Waals surface area contributed by atoms with Crippen molar-refractivity contribution in [2.75, 3.05) is 17.1 Å². The van der Waals surface area contributed by atoms with Gasteiger partial charge in [0.05, 0.1) is 23.9 Å². The molecule has 6 nitrogen and oxygen atoms in total. The van der Waals surface area contributed by atoms with E-state index in [1.807, 2.05) is 31.2 Å². The van der Waals surface area contributed by atoms with Gasteiger partial charge in [0.1, 0.15) is 11.6 Å². The third kappa shape index (κ3) is 4.38. The van der Waals surface area contributed by atoms with E-state index in [9.17, 15) is 8.42 Å². The maximum Gasteiger partial charge on any atom is 0.261 e. The Balaban J connectivity index is 1.75. The van der Waals surface area contributed by atoms with Crippen LogP contribution in [-0.4, -0.2) is 20.5 Å². The van der Waals surface area contributed by atoms with Gasteiger partial charge in [0.15, 0.2) is 0 Å². The number of sulfonamides is 1. The molecule has 0 spiro atoms. The molecule has 0 aliphatic heterocycles. The third-order valence-corrected chi connectivity index (χ3v) is 5.48. The van der Waals surface area contributed by atoms with Gasteiger partial charge in [-0.2, -0.15) is 0 Å². The molecule has 2 N–H and O–H groups in total. The lowest BCUT2D eigenvalue weighted by Gasteiger charge is -2.12. The van der Waals surface area contributed by atoms with Crippen LogP contribution in [0.4, 0.5) is 17.2 Å². The fraction of sp³-hybridized carbons (Fsp3) is 0.150. The quantitative estimate of drug-likeness (QED) is 0.665. The Bertz CT molecular complexity index is 1050. The number of para-hydroxylation sites is 1. The molecule has 0 bridgehead atoms. The predicted octanol–water partition coefficient (Wildman–Crippen LogP) is 4.25. The lowest BCUT2D eigenvalue weighted by molar-refractivity contribution is 0.411. The van der Waals surface area contributed by atoms with Crippen molar-refractivity contribution in [3.63, 3.8) is 0 Å². The summed E-state index contributed by atoms with van der Waals surface area (Å²) in [5.74, 6) is 1.27. The number of nitrogens with one attached hydrogen (secondary N) is 2. The second kappa shape index (κ2) is 7.67. The van der Waals surface area contributed by atoms with Crippen LogP contribution in [0.2, 0.25) is 0 Å². The molecule has 3 rings (SSSR count). The summed E-state index contributed by atoms with van der Waals surface area (Å²) in [6.45, 7) is 3.80. The predicted molar refractivity (Wildman–Crippen MR) is 107 cm³/mol. The van der Waals surface area contributed by atoms with Gasteiger partial charge >= 0.3 is 0 Å². The minimum Gasteiger partial charge on any atom is -0.496 e. The van der Waals surface area contributed by atoms with Gasteiger partial charge in [-0.05, 0) is 61.4 Å². The summed E-state index contributed by atoms with van der Waals surface area (Å²) >= 11 is 0. The van der Waals surface area contributed by atoms with Crippen LogP contribution in [-0.2, 0) is 10.0 Å². The highest BCUT2D eigenvalue weighted by Crippen LogP contribution is 2.24. The number of hydrogen-bond donors (Lipinski definition) is 2.